The molecule has 2 aromatic rings. The molecule has 0 amide bonds. The van der Waals surface area contributed by atoms with Crippen LogP contribution in [0.4, 0.5) is 0 Å². The molecule has 2 rings (SSSR count). The van der Waals surface area contributed by atoms with E-state index in [1.165, 1.54) is 12.8 Å². The second-order valence-corrected chi connectivity index (χ2v) is 12.8. The summed E-state index contributed by atoms with van der Waals surface area (Å²) in [5, 5.41) is 0. The van der Waals surface area contributed by atoms with Gasteiger partial charge in [-0.2, -0.15) is 0 Å². The summed E-state index contributed by atoms with van der Waals surface area (Å²) in [4.78, 5) is 0. The van der Waals surface area contributed by atoms with Gasteiger partial charge in [0.1, 0.15) is 12.4 Å². The standard InChI is InChI=1S/C25H36O4Si/c1-7-8-9-13-16-27-23-17-22(20(2)29-30(4,5)6)18-24(25(23)26-3)28-19-21-14-11-10-12-15-21/h10-12,14-15,17-18H,2,7-9,13,16,19H2,1,3-6H3. The highest BCUT2D eigenvalue weighted by atomic mass is 28.4. The molecule has 0 aromatic heterocycles. The maximum atomic E-state index is 6.13. The molecule has 0 saturated heterocycles. The van der Waals surface area contributed by atoms with Gasteiger partial charge in [0.15, 0.2) is 11.5 Å². The Labute approximate surface area is 183 Å². The van der Waals surface area contributed by atoms with Gasteiger partial charge in [-0.25, -0.2) is 0 Å². The van der Waals surface area contributed by atoms with Crippen molar-refractivity contribution in [3.05, 3.63) is 60.2 Å². The lowest BCUT2D eigenvalue weighted by atomic mass is 10.1. The average molecular weight is 429 g/mol. The van der Waals surface area contributed by atoms with Gasteiger partial charge in [-0.3, -0.25) is 0 Å². The highest BCUT2D eigenvalue weighted by Gasteiger charge is 2.21. The van der Waals surface area contributed by atoms with Crippen LogP contribution in [0.15, 0.2) is 49.0 Å². The molecule has 2 aromatic carbocycles. The number of ether oxygens (including phenoxy) is 3. The van der Waals surface area contributed by atoms with Crippen LogP contribution in [0.25, 0.3) is 5.76 Å². The summed E-state index contributed by atoms with van der Waals surface area (Å²) in [6.07, 6.45) is 4.58. The van der Waals surface area contributed by atoms with Crippen molar-refractivity contribution in [1.82, 2.24) is 0 Å². The quantitative estimate of drug-likeness (QED) is 0.194. The second kappa shape index (κ2) is 11.7. The molecule has 4 nitrogen and oxygen atoms in total. The highest BCUT2D eigenvalue weighted by Crippen LogP contribution is 2.41. The predicted molar refractivity (Wildman–Crippen MR) is 127 cm³/mol. The van der Waals surface area contributed by atoms with Crippen molar-refractivity contribution in [2.75, 3.05) is 13.7 Å². The molecule has 0 atom stereocenters. The molecule has 0 heterocycles. The van der Waals surface area contributed by atoms with Crippen LogP contribution in [0.1, 0.15) is 43.7 Å². The highest BCUT2D eigenvalue weighted by molar-refractivity contribution is 6.70. The SMILES string of the molecule is C=C(O[Si](C)(C)C)c1cc(OCCCCCC)c(OC)c(OCc2ccccc2)c1. The lowest BCUT2D eigenvalue weighted by molar-refractivity contribution is 0.258. The van der Waals surface area contributed by atoms with E-state index >= 15 is 0 Å². The maximum Gasteiger partial charge on any atom is 0.242 e. The van der Waals surface area contributed by atoms with Gasteiger partial charge in [0, 0.05) is 5.56 Å². The third kappa shape index (κ3) is 7.79. The molecule has 5 heteroatoms. The van der Waals surface area contributed by atoms with Crippen molar-refractivity contribution in [1.29, 1.82) is 0 Å². The van der Waals surface area contributed by atoms with Gasteiger partial charge < -0.3 is 18.6 Å². The van der Waals surface area contributed by atoms with Gasteiger partial charge in [-0.05, 0) is 43.8 Å². The third-order valence-electron chi connectivity index (χ3n) is 4.47. The first-order chi connectivity index (χ1) is 14.3. The van der Waals surface area contributed by atoms with Crippen LogP contribution in [-0.2, 0) is 11.0 Å². The number of methoxy groups -OCH3 is 1. The summed E-state index contributed by atoms with van der Waals surface area (Å²) in [6, 6.07) is 13.9. The van der Waals surface area contributed by atoms with Crippen LogP contribution in [0.5, 0.6) is 17.2 Å². The molecule has 164 valence electrons. The van der Waals surface area contributed by atoms with Gasteiger partial charge in [-0.1, -0.05) is 63.1 Å². The summed E-state index contributed by atoms with van der Waals surface area (Å²) < 4.78 is 24.0. The molecule has 0 bridgehead atoms. The number of hydrogen-bond donors (Lipinski definition) is 0. The first-order valence-electron chi connectivity index (χ1n) is 10.7. The number of hydrogen-bond acceptors (Lipinski definition) is 4. The molecule has 0 radical (unpaired) electrons. The van der Waals surface area contributed by atoms with Crippen LogP contribution in [0.3, 0.4) is 0 Å². The predicted octanol–water partition coefficient (Wildman–Crippen LogP) is 7.06. The van der Waals surface area contributed by atoms with E-state index in [9.17, 15) is 0 Å². The normalized spacial score (nSPS) is 11.1. The Morgan fingerprint density at radius 3 is 2.20 bits per heavy atom. The zero-order valence-corrected chi connectivity index (χ0v) is 20.1. The zero-order chi connectivity index (χ0) is 22.0. The Morgan fingerprint density at radius 1 is 0.933 bits per heavy atom. The lowest BCUT2D eigenvalue weighted by Gasteiger charge is -2.23. The van der Waals surface area contributed by atoms with E-state index < -0.39 is 8.32 Å². The van der Waals surface area contributed by atoms with Crippen LogP contribution in [0.2, 0.25) is 19.6 Å². The van der Waals surface area contributed by atoms with Crippen molar-refractivity contribution in [2.24, 2.45) is 0 Å². The number of benzene rings is 2. The molecule has 0 saturated carbocycles. The van der Waals surface area contributed by atoms with Crippen LogP contribution in [-0.4, -0.2) is 22.0 Å². The minimum Gasteiger partial charge on any atom is -0.544 e. The molecule has 0 N–H and O–H groups in total. The number of unbranched alkanes of at least 4 members (excludes halogenated alkanes) is 3. The smallest absolute Gasteiger partial charge is 0.242 e. The van der Waals surface area contributed by atoms with E-state index in [-0.39, 0.29) is 0 Å². The third-order valence-corrected chi connectivity index (χ3v) is 5.33. The average Bonchev–Trinajstić information content (AvgIpc) is 2.71. The Kier molecular flexibility index (Phi) is 9.31. The lowest BCUT2D eigenvalue weighted by Crippen LogP contribution is -2.24. The van der Waals surface area contributed by atoms with E-state index in [1.807, 2.05) is 42.5 Å². The summed E-state index contributed by atoms with van der Waals surface area (Å²) >= 11 is 0. The van der Waals surface area contributed by atoms with E-state index in [2.05, 4.69) is 33.1 Å². The summed E-state index contributed by atoms with van der Waals surface area (Å²) in [5.41, 5.74) is 1.94. The Balaban J connectivity index is 2.27. The van der Waals surface area contributed by atoms with Crippen LogP contribution in [0, 0.1) is 0 Å². The fraction of sp³-hybridized carbons (Fsp3) is 0.440. The molecule has 0 fully saturated rings. The van der Waals surface area contributed by atoms with Crippen molar-refractivity contribution < 1.29 is 18.6 Å². The molecule has 0 unspecified atom stereocenters. The van der Waals surface area contributed by atoms with Gasteiger partial charge >= 0.3 is 0 Å². The van der Waals surface area contributed by atoms with E-state index in [4.69, 9.17) is 18.6 Å². The van der Waals surface area contributed by atoms with Crippen LogP contribution < -0.4 is 14.2 Å². The maximum absolute atomic E-state index is 6.13. The summed E-state index contributed by atoms with van der Waals surface area (Å²) in [5.74, 6) is 2.53. The van der Waals surface area contributed by atoms with Crippen molar-refractivity contribution in [2.45, 2.75) is 58.9 Å². The minimum absolute atomic E-state index is 0.442. The molecule has 30 heavy (non-hydrogen) atoms. The van der Waals surface area contributed by atoms with Crippen molar-refractivity contribution in [3.63, 3.8) is 0 Å². The van der Waals surface area contributed by atoms with Gasteiger partial charge in [0.05, 0.1) is 13.7 Å². The Bertz CT molecular complexity index is 797. The van der Waals surface area contributed by atoms with Gasteiger partial charge in [-0.15, -0.1) is 0 Å². The molecular weight excluding hydrogens is 392 g/mol. The van der Waals surface area contributed by atoms with Crippen LogP contribution >= 0.6 is 0 Å². The fourth-order valence-corrected chi connectivity index (χ4v) is 3.89. The van der Waals surface area contributed by atoms with E-state index in [0.717, 1.165) is 24.0 Å². The van der Waals surface area contributed by atoms with Gasteiger partial charge in [0.2, 0.25) is 14.1 Å². The van der Waals surface area contributed by atoms with E-state index in [1.54, 1.807) is 7.11 Å². The summed E-state index contributed by atoms with van der Waals surface area (Å²) in [7, 11) is -0.143. The summed E-state index contributed by atoms with van der Waals surface area (Å²) in [6.45, 7) is 13.8. The van der Waals surface area contributed by atoms with Crippen molar-refractivity contribution >= 4 is 14.1 Å². The van der Waals surface area contributed by atoms with Gasteiger partial charge in [0.25, 0.3) is 0 Å². The molecular formula is C25H36O4Si. The zero-order valence-electron chi connectivity index (χ0n) is 19.1. The first-order valence-corrected chi connectivity index (χ1v) is 14.1. The fourth-order valence-electron chi connectivity index (χ4n) is 3.03. The Hall–Kier alpha value is -2.40. The number of rotatable bonds is 13. The van der Waals surface area contributed by atoms with Crippen molar-refractivity contribution in [3.8, 4) is 17.2 Å². The topological polar surface area (TPSA) is 36.9 Å². The molecule has 0 spiro atoms. The monoisotopic (exact) mass is 428 g/mol. The second-order valence-electron chi connectivity index (χ2n) is 8.33. The minimum atomic E-state index is -1.78. The molecule has 0 aliphatic carbocycles. The largest absolute Gasteiger partial charge is 0.544 e. The molecule has 0 aliphatic heterocycles. The van der Waals surface area contributed by atoms with E-state index in [0.29, 0.717) is 36.2 Å². The molecule has 0 aliphatic rings. The Morgan fingerprint density at radius 2 is 1.60 bits per heavy atom. The first kappa shape index (κ1) is 23.9.